The molecule has 1 aliphatic carbocycles. The molecule has 160 valence electrons. The summed E-state index contributed by atoms with van der Waals surface area (Å²) in [6.07, 6.45) is 1.20. The average Bonchev–Trinajstić information content (AvgIpc) is 3.50. The molecule has 0 saturated heterocycles. The molecule has 0 bridgehead atoms. The van der Waals surface area contributed by atoms with Gasteiger partial charge in [0.2, 0.25) is 5.78 Å². The molecule has 2 N–H and O–H groups in total. The number of benzene rings is 1. The van der Waals surface area contributed by atoms with Crippen molar-refractivity contribution < 1.29 is 14.3 Å². The van der Waals surface area contributed by atoms with Crippen molar-refractivity contribution in [2.45, 2.75) is 38.6 Å². The first kappa shape index (κ1) is 21.8. The molecule has 30 heavy (non-hydrogen) atoms. The van der Waals surface area contributed by atoms with E-state index in [-0.39, 0.29) is 23.8 Å². The van der Waals surface area contributed by atoms with Gasteiger partial charge in [0.15, 0.2) is 6.61 Å². The Balaban J connectivity index is 1.82. The highest BCUT2D eigenvalue weighted by atomic mass is 35.5. The van der Waals surface area contributed by atoms with Crippen LogP contribution in [0.1, 0.15) is 42.6 Å². The molecule has 1 heterocycles. The van der Waals surface area contributed by atoms with Crippen molar-refractivity contribution >= 4 is 29.2 Å². The topological polar surface area (TPSA) is 113 Å². The van der Waals surface area contributed by atoms with Crippen LogP contribution in [0.2, 0.25) is 5.02 Å². The number of anilines is 1. The zero-order valence-corrected chi connectivity index (χ0v) is 17.9. The Morgan fingerprint density at radius 2 is 1.80 bits per heavy atom. The lowest BCUT2D eigenvalue weighted by molar-refractivity contribution is -0.145. The van der Waals surface area contributed by atoms with Crippen molar-refractivity contribution in [2.24, 2.45) is 13.0 Å². The highest BCUT2D eigenvalue weighted by molar-refractivity contribution is 6.30. The van der Waals surface area contributed by atoms with E-state index in [1.165, 1.54) is 11.6 Å². The van der Waals surface area contributed by atoms with Gasteiger partial charge in [-0.25, -0.2) is 4.79 Å². The maximum absolute atomic E-state index is 12.7. The molecule has 0 spiro atoms. The highest BCUT2D eigenvalue weighted by Gasteiger charge is 2.53. The van der Waals surface area contributed by atoms with Crippen LogP contribution in [0.5, 0.6) is 0 Å². The number of aromatic nitrogens is 2. The van der Waals surface area contributed by atoms with Crippen LogP contribution in [0.4, 0.5) is 5.82 Å². The van der Waals surface area contributed by atoms with E-state index in [0.29, 0.717) is 17.9 Å². The summed E-state index contributed by atoms with van der Waals surface area (Å²) in [5.41, 5.74) is 4.21. The standard InChI is InChI=1S/C21H24ClN3O5/c1-12(2)10-25-17(23)16(18(27)24(3)20(25)29)15(26)11-30-19(28)21(8-9-21)13-4-6-14(22)7-5-13/h4-7,12H,8-11,23H2,1-3H3. The second kappa shape index (κ2) is 8.10. The SMILES string of the molecule is CC(C)Cn1c(N)c(C(=O)COC(=O)C2(c3ccc(Cl)cc3)CC2)c(=O)n(C)c1=O. The van der Waals surface area contributed by atoms with Crippen molar-refractivity contribution in [3.05, 3.63) is 61.3 Å². The minimum atomic E-state index is -0.808. The van der Waals surface area contributed by atoms with Crippen LogP contribution in [0.25, 0.3) is 0 Å². The molecule has 0 unspecified atom stereocenters. The van der Waals surface area contributed by atoms with Gasteiger partial charge in [-0.15, -0.1) is 0 Å². The molecule has 0 aliphatic heterocycles. The predicted octanol–water partition coefficient (Wildman–Crippen LogP) is 1.90. The summed E-state index contributed by atoms with van der Waals surface area (Å²) in [6, 6.07) is 6.90. The van der Waals surface area contributed by atoms with Gasteiger partial charge in [0.25, 0.3) is 5.56 Å². The first-order valence-electron chi connectivity index (χ1n) is 9.64. The fourth-order valence-electron chi connectivity index (χ4n) is 3.43. The Morgan fingerprint density at radius 1 is 1.20 bits per heavy atom. The number of nitrogens with two attached hydrogens (primary N) is 1. The molecule has 1 saturated carbocycles. The van der Waals surface area contributed by atoms with Gasteiger partial charge in [-0.05, 0) is 36.5 Å². The van der Waals surface area contributed by atoms with E-state index in [4.69, 9.17) is 22.1 Å². The Hall–Kier alpha value is -2.87. The van der Waals surface area contributed by atoms with Crippen LogP contribution in [0, 0.1) is 5.92 Å². The van der Waals surface area contributed by atoms with Crippen LogP contribution < -0.4 is 17.0 Å². The number of rotatable bonds is 7. The van der Waals surface area contributed by atoms with E-state index in [1.54, 1.807) is 24.3 Å². The Bertz CT molecular complexity index is 1110. The molecule has 0 amide bonds. The highest BCUT2D eigenvalue weighted by Crippen LogP contribution is 2.49. The van der Waals surface area contributed by atoms with Gasteiger partial charge in [0.1, 0.15) is 11.4 Å². The van der Waals surface area contributed by atoms with Gasteiger partial charge >= 0.3 is 11.7 Å². The third-order valence-electron chi connectivity index (χ3n) is 5.28. The number of nitrogen functional groups attached to an aromatic ring is 1. The molecule has 1 aliphatic rings. The van der Waals surface area contributed by atoms with E-state index in [2.05, 4.69) is 0 Å². The summed E-state index contributed by atoms with van der Waals surface area (Å²) in [6.45, 7) is 3.38. The predicted molar refractivity (Wildman–Crippen MR) is 113 cm³/mol. The minimum absolute atomic E-state index is 0.0670. The molecule has 3 rings (SSSR count). The lowest BCUT2D eigenvalue weighted by Crippen LogP contribution is -2.43. The molecule has 9 heteroatoms. The fourth-order valence-corrected chi connectivity index (χ4v) is 3.56. The molecule has 1 aromatic heterocycles. The molecule has 8 nitrogen and oxygen atoms in total. The number of hydrogen-bond acceptors (Lipinski definition) is 6. The number of ketones is 1. The van der Waals surface area contributed by atoms with Crippen molar-refractivity contribution in [1.82, 2.24) is 9.13 Å². The molecule has 0 atom stereocenters. The first-order chi connectivity index (χ1) is 14.1. The molecule has 1 aromatic carbocycles. The zero-order chi connectivity index (χ0) is 22.2. The van der Waals surface area contributed by atoms with Gasteiger partial charge in [0.05, 0.1) is 5.41 Å². The van der Waals surface area contributed by atoms with E-state index in [1.807, 2.05) is 13.8 Å². The number of nitrogens with zero attached hydrogens (tertiary/aromatic N) is 2. The van der Waals surface area contributed by atoms with Gasteiger partial charge in [-0.3, -0.25) is 23.5 Å². The smallest absolute Gasteiger partial charge is 0.332 e. The number of Topliss-reactive ketones (excluding diaryl/α,β-unsaturated/α-hetero) is 1. The number of carbonyl (C=O) groups is 2. The van der Waals surface area contributed by atoms with Crippen LogP contribution in [0.3, 0.4) is 0 Å². The van der Waals surface area contributed by atoms with Crippen molar-refractivity contribution in [2.75, 3.05) is 12.3 Å². The van der Waals surface area contributed by atoms with Crippen LogP contribution >= 0.6 is 11.6 Å². The maximum Gasteiger partial charge on any atom is 0.332 e. The Labute approximate surface area is 178 Å². The van der Waals surface area contributed by atoms with E-state index >= 15 is 0 Å². The van der Waals surface area contributed by atoms with E-state index in [9.17, 15) is 19.2 Å². The van der Waals surface area contributed by atoms with Gasteiger partial charge in [-0.1, -0.05) is 37.6 Å². The third-order valence-corrected chi connectivity index (χ3v) is 5.53. The van der Waals surface area contributed by atoms with Gasteiger partial charge in [-0.2, -0.15) is 0 Å². The summed E-state index contributed by atoms with van der Waals surface area (Å²) >= 11 is 5.90. The number of halogens is 1. The monoisotopic (exact) mass is 433 g/mol. The van der Waals surface area contributed by atoms with Crippen LogP contribution in [0.15, 0.2) is 33.9 Å². The van der Waals surface area contributed by atoms with Crippen molar-refractivity contribution in [3.63, 3.8) is 0 Å². The lowest BCUT2D eigenvalue weighted by Gasteiger charge is -2.17. The molecule has 0 radical (unpaired) electrons. The Morgan fingerprint density at radius 3 is 2.33 bits per heavy atom. The number of ether oxygens (including phenoxy) is 1. The molecule has 2 aromatic rings. The zero-order valence-electron chi connectivity index (χ0n) is 17.1. The second-order valence-electron chi connectivity index (χ2n) is 8.00. The number of hydrogen-bond donors (Lipinski definition) is 1. The quantitative estimate of drug-likeness (QED) is 0.527. The average molecular weight is 434 g/mol. The maximum atomic E-state index is 12.7. The summed E-state index contributed by atoms with van der Waals surface area (Å²) in [5.74, 6) is -1.43. The molecular weight excluding hydrogens is 410 g/mol. The summed E-state index contributed by atoms with van der Waals surface area (Å²) in [4.78, 5) is 50.2. The number of carbonyl (C=O) groups excluding carboxylic acids is 2. The normalized spacial score (nSPS) is 14.6. The lowest BCUT2D eigenvalue weighted by atomic mass is 9.96. The summed E-state index contributed by atoms with van der Waals surface area (Å²) in [7, 11) is 1.28. The van der Waals surface area contributed by atoms with Crippen molar-refractivity contribution in [1.29, 1.82) is 0 Å². The Kier molecular flexibility index (Phi) is 5.90. The van der Waals surface area contributed by atoms with Gasteiger partial charge < -0.3 is 10.5 Å². The van der Waals surface area contributed by atoms with Gasteiger partial charge in [0, 0.05) is 18.6 Å². The van der Waals surface area contributed by atoms with Crippen LogP contribution in [-0.2, 0) is 28.5 Å². The summed E-state index contributed by atoms with van der Waals surface area (Å²) < 4.78 is 7.29. The minimum Gasteiger partial charge on any atom is -0.457 e. The van der Waals surface area contributed by atoms with Crippen LogP contribution in [-0.4, -0.2) is 27.5 Å². The summed E-state index contributed by atoms with van der Waals surface area (Å²) in [5, 5.41) is 0.556. The van der Waals surface area contributed by atoms with Crippen molar-refractivity contribution in [3.8, 4) is 0 Å². The fraction of sp³-hybridized carbons (Fsp3) is 0.429. The van der Waals surface area contributed by atoms with E-state index < -0.39 is 35.0 Å². The largest absolute Gasteiger partial charge is 0.457 e. The number of esters is 1. The van der Waals surface area contributed by atoms with E-state index in [0.717, 1.165) is 10.1 Å². The first-order valence-corrected chi connectivity index (χ1v) is 10.0. The third kappa shape index (κ3) is 3.92. The second-order valence-corrected chi connectivity index (χ2v) is 8.44. The molecular formula is C21H24ClN3O5. The molecule has 1 fully saturated rings.